The van der Waals surface area contributed by atoms with Gasteiger partial charge in [-0.25, -0.2) is 4.79 Å². The van der Waals surface area contributed by atoms with Crippen molar-refractivity contribution in [2.24, 2.45) is 5.10 Å². The molecule has 0 spiro atoms. The lowest BCUT2D eigenvalue weighted by molar-refractivity contribution is -0.116. The molecule has 2 heterocycles. The van der Waals surface area contributed by atoms with Crippen molar-refractivity contribution in [1.82, 2.24) is 15.5 Å². The summed E-state index contributed by atoms with van der Waals surface area (Å²) in [5.74, 6) is 0.369. The van der Waals surface area contributed by atoms with E-state index in [0.717, 1.165) is 0 Å². The van der Waals surface area contributed by atoms with Crippen LogP contribution in [0.5, 0.6) is 0 Å². The number of amides is 4. The first-order valence-corrected chi connectivity index (χ1v) is 10.8. The number of carbonyl (C=O) groups is 3. The van der Waals surface area contributed by atoms with Gasteiger partial charge in [0.15, 0.2) is 11.7 Å². The van der Waals surface area contributed by atoms with E-state index in [0.29, 0.717) is 23.0 Å². The summed E-state index contributed by atoms with van der Waals surface area (Å²) in [6.07, 6.45) is 4.76. The minimum atomic E-state index is -0.515. The van der Waals surface area contributed by atoms with Gasteiger partial charge >= 0.3 is 6.03 Å². The molecule has 2 aliphatic heterocycles. The molecule has 0 aliphatic carbocycles. The van der Waals surface area contributed by atoms with E-state index < -0.39 is 11.9 Å². The highest BCUT2D eigenvalue weighted by Crippen LogP contribution is 2.25. The molecule has 0 saturated carbocycles. The lowest BCUT2D eigenvalue weighted by atomic mass is 10.2. The number of urea groups is 1. The monoisotopic (exact) mass is 472 g/mol. The molecular formula is C25H24N6O4. The third kappa shape index (κ3) is 5.56. The van der Waals surface area contributed by atoms with Gasteiger partial charge in [0.05, 0.1) is 11.3 Å². The molecule has 4 rings (SSSR count). The third-order valence-electron chi connectivity index (χ3n) is 4.99. The molecule has 2 aliphatic rings. The molecule has 2 aromatic rings. The molecule has 35 heavy (non-hydrogen) atoms. The molecule has 0 atom stereocenters. The Kier molecular flexibility index (Phi) is 6.91. The summed E-state index contributed by atoms with van der Waals surface area (Å²) in [6, 6.07) is 17.5. The Hall–Kier alpha value is -4.86. The van der Waals surface area contributed by atoms with Crippen molar-refractivity contribution >= 4 is 35.1 Å². The summed E-state index contributed by atoms with van der Waals surface area (Å²) in [6.45, 7) is 1.76. The number of hydrogen-bond donors (Lipinski definition) is 3. The standard InChI is InChI=1S/C25H24N6O4/c1-17-15-30(16-21(32)27-18-9-5-3-6-10-18)22(35-17)14-13-20-23(28-25(34)26-2)29-31(24(20)33)19-11-7-4-8-12-19/h3-15H,16H2,1-2H3,(H,27,32)(H2,26,28,29,34). The minimum absolute atomic E-state index is 0.00274. The topological polar surface area (TPSA) is 115 Å². The zero-order valence-corrected chi connectivity index (χ0v) is 19.2. The van der Waals surface area contributed by atoms with Crippen LogP contribution in [0.15, 0.2) is 101 Å². The highest BCUT2D eigenvalue weighted by Gasteiger charge is 2.32. The second-order valence-electron chi connectivity index (χ2n) is 7.57. The Balaban J connectivity index is 1.56. The van der Waals surface area contributed by atoms with Gasteiger partial charge in [-0.1, -0.05) is 36.4 Å². The number of hydrazone groups is 1. The van der Waals surface area contributed by atoms with E-state index in [2.05, 4.69) is 21.1 Å². The first-order valence-electron chi connectivity index (χ1n) is 10.8. The van der Waals surface area contributed by atoms with E-state index in [1.807, 2.05) is 24.3 Å². The predicted octanol–water partition coefficient (Wildman–Crippen LogP) is 2.88. The Morgan fingerprint density at radius 3 is 2.37 bits per heavy atom. The van der Waals surface area contributed by atoms with Crippen molar-refractivity contribution in [2.45, 2.75) is 6.92 Å². The smallest absolute Gasteiger partial charge is 0.320 e. The van der Waals surface area contributed by atoms with Crippen LogP contribution in [0.25, 0.3) is 0 Å². The van der Waals surface area contributed by atoms with E-state index in [9.17, 15) is 14.4 Å². The van der Waals surface area contributed by atoms with Gasteiger partial charge in [0, 0.05) is 18.9 Å². The van der Waals surface area contributed by atoms with Crippen LogP contribution in [0.1, 0.15) is 6.92 Å². The van der Waals surface area contributed by atoms with Crippen LogP contribution in [0.4, 0.5) is 16.2 Å². The van der Waals surface area contributed by atoms with Crippen LogP contribution in [-0.2, 0) is 14.3 Å². The third-order valence-corrected chi connectivity index (χ3v) is 4.99. The van der Waals surface area contributed by atoms with Crippen molar-refractivity contribution in [3.05, 3.63) is 96.2 Å². The number of amidine groups is 1. The van der Waals surface area contributed by atoms with E-state index in [1.165, 1.54) is 18.1 Å². The number of ether oxygens (including phenoxy) is 1. The average molecular weight is 473 g/mol. The van der Waals surface area contributed by atoms with Gasteiger partial charge in [-0.3, -0.25) is 14.9 Å². The van der Waals surface area contributed by atoms with E-state index >= 15 is 0 Å². The molecule has 3 N–H and O–H groups in total. The maximum atomic E-state index is 13.1. The van der Waals surface area contributed by atoms with Gasteiger partial charge in [-0.15, -0.1) is 5.10 Å². The Morgan fingerprint density at radius 2 is 1.69 bits per heavy atom. The van der Waals surface area contributed by atoms with Crippen LogP contribution in [0, 0.1) is 0 Å². The molecule has 178 valence electrons. The first kappa shape index (κ1) is 23.3. The molecule has 0 radical (unpaired) electrons. The second-order valence-corrected chi connectivity index (χ2v) is 7.57. The largest absolute Gasteiger partial charge is 0.444 e. The molecule has 0 unspecified atom stereocenters. The second kappa shape index (κ2) is 10.4. The van der Waals surface area contributed by atoms with Crippen LogP contribution in [0.2, 0.25) is 0 Å². The number of hydrogen-bond acceptors (Lipinski definition) is 6. The van der Waals surface area contributed by atoms with Gasteiger partial charge in [-0.2, -0.15) is 5.01 Å². The first-order chi connectivity index (χ1) is 16.9. The number of nitrogens with one attached hydrogen (secondary N) is 3. The van der Waals surface area contributed by atoms with Gasteiger partial charge in [-0.05, 0) is 43.3 Å². The summed E-state index contributed by atoms with van der Waals surface area (Å²) in [4.78, 5) is 39.2. The molecule has 4 amide bonds. The fourth-order valence-electron chi connectivity index (χ4n) is 3.39. The molecule has 0 aromatic heterocycles. The van der Waals surface area contributed by atoms with Crippen molar-refractivity contribution in [2.75, 3.05) is 23.9 Å². The van der Waals surface area contributed by atoms with E-state index in [1.54, 1.807) is 60.5 Å². The van der Waals surface area contributed by atoms with E-state index in [-0.39, 0.29) is 23.9 Å². The molecule has 0 saturated heterocycles. The number of nitrogens with zero attached hydrogens (tertiary/aromatic N) is 3. The minimum Gasteiger partial charge on any atom is -0.444 e. The SMILES string of the molecule is CNC(=O)NC1=NN(c2ccccc2)C(=O)C1=CC=C1OC(C)=CN1CC(=O)Nc1ccccc1. The highest BCUT2D eigenvalue weighted by atomic mass is 16.5. The predicted molar refractivity (Wildman–Crippen MR) is 132 cm³/mol. The van der Waals surface area contributed by atoms with Gasteiger partial charge < -0.3 is 20.3 Å². The molecular weight excluding hydrogens is 448 g/mol. The summed E-state index contributed by atoms with van der Waals surface area (Å²) < 4.78 is 5.73. The Morgan fingerprint density at radius 1 is 1.00 bits per heavy atom. The lowest BCUT2D eigenvalue weighted by Gasteiger charge is -2.15. The van der Waals surface area contributed by atoms with Crippen LogP contribution < -0.4 is 21.0 Å². The number of allylic oxidation sites excluding steroid dienone is 3. The summed E-state index contributed by atoms with van der Waals surface area (Å²) in [5, 5.41) is 13.3. The quantitative estimate of drug-likeness (QED) is 0.579. The Bertz CT molecular complexity index is 1250. The van der Waals surface area contributed by atoms with Crippen molar-refractivity contribution in [3.8, 4) is 0 Å². The molecule has 2 aromatic carbocycles. The lowest BCUT2D eigenvalue weighted by Crippen LogP contribution is -2.37. The number of anilines is 2. The van der Waals surface area contributed by atoms with Crippen LogP contribution in [0.3, 0.4) is 0 Å². The van der Waals surface area contributed by atoms with Gasteiger partial charge in [0.1, 0.15) is 12.3 Å². The number of carbonyl (C=O) groups excluding carboxylic acids is 3. The zero-order valence-electron chi connectivity index (χ0n) is 19.2. The number of benzene rings is 2. The average Bonchev–Trinajstić information content (AvgIpc) is 3.36. The molecule has 0 bridgehead atoms. The summed E-state index contributed by atoms with van der Waals surface area (Å²) >= 11 is 0. The van der Waals surface area contributed by atoms with Crippen LogP contribution in [-0.4, -0.2) is 42.2 Å². The maximum absolute atomic E-state index is 13.1. The Labute approximate surface area is 202 Å². The van der Waals surface area contributed by atoms with Crippen molar-refractivity contribution < 1.29 is 19.1 Å². The number of rotatable bonds is 5. The summed E-state index contributed by atoms with van der Waals surface area (Å²) in [7, 11) is 1.46. The fraction of sp³-hybridized carbons (Fsp3) is 0.120. The van der Waals surface area contributed by atoms with Crippen molar-refractivity contribution in [1.29, 1.82) is 0 Å². The van der Waals surface area contributed by atoms with Gasteiger partial charge in [0.2, 0.25) is 5.91 Å². The normalized spacial score (nSPS) is 17.3. The zero-order chi connectivity index (χ0) is 24.8. The fourth-order valence-corrected chi connectivity index (χ4v) is 3.39. The van der Waals surface area contributed by atoms with Gasteiger partial charge in [0.25, 0.3) is 5.91 Å². The number of para-hydroxylation sites is 2. The maximum Gasteiger partial charge on any atom is 0.320 e. The molecule has 0 fully saturated rings. The molecule has 10 heteroatoms. The van der Waals surface area contributed by atoms with Crippen LogP contribution >= 0.6 is 0 Å². The summed E-state index contributed by atoms with van der Waals surface area (Å²) in [5.41, 5.74) is 1.40. The van der Waals surface area contributed by atoms with Crippen molar-refractivity contribution in [3.63, 3.8) is 0 Å². The van der Waals surface area contributed by atoms with E-state index in [4.69, 9.17) is 4.74 Å². The molecule has 10 nitrogen and oxygen atoms in total. The highest BCUT2D eigenvalue weighted by molar-refractivity contribution is 6.31.